The van der Waals surface area contributed by atoms with Gasteiger partial charge in [0.25, 0.3) is 0 Å². The van der Waals surface area contributed by atoms with Crippen LogP contribution >= 0.6 is 0 Å². The van der Waals surface area contributed by atoms with Crippen molar-refractivity contribution in [3.63, 3.8) is 0 Å². The summed E-state index contributed by atoms with van der Waals surface area (Å²) in [6.07, 6.45) is 3.77. The first-order chi connectivity index (χ1) is 16.5. The van der Waals surface area contributed by atoms with Crippen LogP contribution in [0.1, 0.15) is 5.69 Å². The number of fused-ring (bicyclic) bond motifs is 2. The first kappa shape index (κ1) is 21.5. The third-order valence-electron chi connectivity index (χ3n) is 5.40. The van der Waals surface area contributed by atoms with Gasteiger partial charge >= 0.3 is 6.18 Å². The molecule has 6 rings (SSSR count). The van der Waals surface area contributed by atoms with Crippen molar-refractivity contribution in [2.24, 2.45) is 0 Å². The minimum absolute atomic E-state index is 0.284. The lowest BCUT2D eigenvalue weighted by Gasteiger charge is -2.07. The molecule has 0 N–H and O–H groups in total. The van der Waals surface area contributed by atoms with Crippen molar-refractivity contribution in [3.05, 3.63) is 122 Å². The average Bonchev–Trinajstić information content (AvgIpc) is 3.51. The number of hydrogen-bond donors (Lipinski definition) is 0. The van der Waals surface area contributed by atoms with E-state index >= 15 is 0 Å². The van der Waals surface area contributed by atoms with E-state index in [0.717, 1.165) is 27.4 Å². The molecular weight excluding hydrogens is 437 g/mol. The number of imidazole rings is 2. The Kier molecular flexibility index (Phi) is 5.59. The molecule has 34 heavy (non-hydrogen) atoms. The summed E-state index contributed by atoms with van der Waals surface area (Å²) in [6.45, 7) is 0. The largest absolute Gasteiger partial charge is 0.433 e. The molecule has 4 heterocycles. The zero-order valence-electron chi connectivity index (χ0n) is 17.9. The van der Waals surface area contributed by atoms with Gasteiger partial charge in [-0.05, 0) is 46.5 Å². The van der Waals surface area contributed by atoms with E-state index in [9.17, 15) is 13.2 Å². The fourth-order valence-electron chi connectivity index (χ4n) is 3.71. The Morgan fingerprint density at radius 3 is 1.79 bits per heavy atom. The molecule has 0 atom stereocenters. The van der Waals surface area contributed by atoms with E-state index in [1.165, 1.54) is 17.3 Å². The van der Waals surface area contributed by atoms with Gasteiger partial charge in [-0.2, -0.15) is 13.2 Å². The predicted molar refractivity (Wildman–Crippen MR) is 126 cm³/mol. The maximum Gasteiger partial charge on any atom is 0.433 e. The highest BCUT2D eigenvalue weighted by atomic mass is 19.4. The zero-order valence-corrected chi connectivity index (χ0v) is 17.9. The van der Waals surface area contributed by atoms with Gasteiger partial charge in [-0.1, -0.05) is 60.7 Å². The molecular formula is C27H19F3N4. The second kappa shape index (κ2) is 8.86. The SMILES string of the molecule is FC(F)(F)c1cnc2ccc(-c3ccccc3)cn12.c1ccc(-c2ccc3nccn3c2)cc1. The molecule has 0 radical (unpaired) electrons. The van der Waals surface area contributed by atoms with Crippen molar-refractivity contribution in [2.75, 3.05) is 0 Å². The lowest BCUT2D eigenvalue weighted by atomic mass is 10.1. The summed E-state index contributed by atoms with van der Waals surface area (Å²) >= 11 is 0. The molecule has 0 saturated heterocycles. The molecule has 7 heteroatoms. The van der Waals surface area contributed by atoms with Gasteiger partial charge in [-0.25, -0.2) is 9.97 Å². The maximum absolute atomic E-state index is 12.8. The lowest BCUT2D eigenvalue weighted by Crippen LogP contribution is -2.08. The van der Waals surface area contributed by atoms with Crippen molar-refractivity contribution in [2.45, 2.75) is 6.18 Å². The molecule has 0 amide bonds. The van der Waals surface area contributed by atoms with Crippen molar-refractivity contribution in [3.8, 4) is 22.3 Å². The van der Waals surface area contributed by atoms with Crippen LogP contribution in [0.15, 0.2) is 116 Å². The van der Waals surface area contributed by atoms with Crippen LogP contribution in [0.25, 0.3) is 33.5 Å². The number of rotatable bonds is 2. The summed E-state index contributed by atoms with van der Waals surface area (Å²) < 4.78 is 41.6. The van der Waals surface area contributed by atoms with Gasteiger partial charge in [0.15, 0.2) is 0 Å². The smallest absolute Gasteiger partial charge is 0.306 e. The third kappa shape index (κ3) is 4.41. The van der Waals surface area contributed by atoms with E-state index in [1.54, 1.807) is 12.1 Å². The number of nitrogens with zero attached hydrogens (tertiary/aromatic N) is 4. The van der Waals surface area contributed by atoms with Crippen LogP contribution in [0.4, 0.5) is 13.2 Å². The van der Waals surface area contributed by atoms with Gasteiger partial charge in [-0.3, -0.25) is 4.40 Å². The second-order valence-electron chi connectivity index (χ2n) is 7.63. The van der Waals surface area contributed by atoms with E-state index in [2.05, 4.69) is 34.4 Å². The van der Waals surface area contributed by atoms with Crippen LogP contribution in [0, 0.1) is 0 Å². The Labute approximate surface area is 193 Å². The first-order valence-electron chi connectivity index (χ1n) is 10.6. The summed E-state index contributed by atoms with van der Waals surface area (Å²) in [5, 5.41) is 0. The Hall–Kier alpha value is -4.39. The van der Waals surface area contributed by atoms with Crippen LogP contribution in [0.3, 0.4) is 0 Å². The van der Waals surface area contributed by atoms with Crippen LogP contribution in [0.5, 0.6) is 0 Å². The van der Waals surface area contributed by atoms with E-state index in [-0.39, 0.29) is 5.65 Å². The quantitative estimate of drug-likeness (QED) is 0.281. The predicted octanol–water partition coefficient (Wildman–Crippen LogP) is 7.02. The molecule has 0 saturated carbocycles. The monoisotopic (exact) mass is 456 g/mol. The van der Waals surface area contributed by atoms with Gasteiger partial charge in [0.2, 0.25) is 0 Å². The summed E-state index contributed by atoms with van der Waals surface area (Å²) in [7, 11) is 0. The minimum Gasteiger partial charge on any atom is -0.306 e. The minimum atomic E-state index is -4.41. The highest BCUT2D eigenvalue weighted by Gasteiger charge is 2.34. The highest BCUT2D eigenvalue weighted by molar-refractivity contribution is 5.65. The molecule has 6 aromatic rings. The molecule has 168 valence electrons. The molecule has 0 fully saturated rings. The van der Waals surface area contributed by atoms with E-state index in [4.69, 9.17) is 0 Å². The molecule has 0 spiro atoms. The fourth-order valence-corrected chi connectivity index (χ4v) is 3.71. The highest BCUT2D eigenvalue weighted by Crippen LogP contribution is 2.31. The molecule has 0 aliphatic rings. The molecule has 0 aliphatic carbocycles. The zero-order chi connectivity index (χ0) is 23.5. The molecule has 4 aromatic heterocycles. The van der Waals surface area contributed by atoms with Crippen molar-refractivity contribution in [1.82, 2.24) is 18.8 Å². The van der Waals surface area contributed by atoms with Gasteiger partial charge in [-0.15, -0.1) is 0 Å². The fraction of sp³-hybridized carbons (Fsp3) is 0.0370. The van der Waals surface area contributed by atoms with E-state index < -0.39 is 11.9 Å². The maximum atomic E-state index is 12.8. The van der Waals surface area contributed by atoms with Crippen molar-refractivity contribution < 1.29 is 13.2 Å². The topological polar surface area (TPSA) is 34.6 Å². The van der Waals surface area contributed by atoms with Crippen LogP contribution < -0.4 is 0 Å². The number of halogens is 3. The Bertz CT molecular complexity index is 1530. The van der Waals surface area contributed by atoms with Gasteiger partial charge < -0.3 is 4.40 Å². The van der Waals surface area contributed by atoms with Gasteiger partial charge in [0.05, 0.1) is 6.20 Å². The Morgan fingerprint density at radius 2 is 1.18 bits per heavy atom. The standard InChI is InChI=1S/C14H9F3N2.C13H10N2/c15-14(16,17)12-8-18-13-7-6-11(9-19(12)13)10-4-2-1-3-5-10;1-2-4-11(5-3-1)12-6-7-13-14-8-9-15(13)10-12/h1-9H;1-10H. The average molecular weight is 456 g/mol. The van der Waals surface area contributed by atoms with Gasteiger partial charge in [0.1, 0.15) is 17.0 Å². The summed E-state index contributed by atoms with van der Waals surface area (Å²) in [5.74, 6) is 0. The van der Waals surface area contributed by atoms with Crippen molar-refractivity contribution in [1.29, 1.82) is 0 Å². The number of alkyl halides is 3. The summed E-state index contributed by atoms with van der Waals surface area (Å²) in [6, 6.07) is 27.1. The third-order valence-corrected chi connectivity index (χ3v) is 5.40. The van der Waals surface area contributed by atoms with E-state index in [1.807, 2.05) is 71.4 Å². The molecule has 0 bridgehead atoms. The molecule has 0 aliphatic heterocycles. The summed E-state index contributed by atoms with van der Waals surface area (Å²) in [4.78, 5) is 7.98. The number of benzene rings is 2. The Balaban J connectivity index is 0.000000145. The number of hydrogen-bond acceptors (Lipinski definition) is 2. The van der Waals surface area contributed by atoms with Crippen LogP contribution in [-0.2, 0) is 6.18 Å². The normalized spacial score (nSPS) is 11.4. The molecule has 0 unspecified atom stereocenters. The van der Waals surface area contributed by atoms with Crippen LogP contribution in [-0.4, -0.2) is 18.8 Å². The number of aromatic nitrogens is 4. The van der Waals surface area contributed by atoms with Crippen LogP contribution in [0.2, 0.25) is 0 Å². The van der Waals surface area contributed by atoms with Gasteiger partial charge in [0, 0.05) is 24.8 Å². The number of pyridine rings is 2. The first-order valence-corrected chi connectivity index (χ1v) is 10.6. The molecule has 4 nitrogen and oxygen atoms in total. The second-order valence-corrected chi connectivity index (χ2v) is 7.63. The van der Waals surface area contributed by atoms with E-state index in [0.29, 0.717) is 0 Å². The van der Waals surface area contributed by atoms with Crippen molar-refractivity contribution >= 4 is 11.3 Å². The summed E-state index contributed by atoms with van der Waals surface area (Å²) in [5.41, 5.74) is 4.53. The lowest BCUT2D eigenvalue weighted by molar-refractivity contribution is -0.141. The Morgan fingerprint density at radius 1 is 0.588 bits per heavy atom. The molecule has 2 aromatic carbocycles.